The second-order valence-corrected chi connectivity index (χ2v) is 2.94. The van der Waals surface area contributed by atoms with Crippen LogP contribution in [0.1, 0.15) is 19.8 Å². The van der Waals surface area contributed by atoms with E-state index >= 15 is 0 Å². The molecule has 0 saturated carbocycles. The van der Waals surface area contributed by atoms with Crippen molar-refractivity contribution in [1.29, 1.82) is 0 Å². The Hall–Kier alpha value is -2.13. The third-order valence-electron chi connectivity index (χ3n) is 1.57. The Morgan fingerprint density at radius 1 is 1.41 bits per heavy atom. The minimum Gasteiger partial charge on any atom is -0.449 e. The Labute approximate surface area is 102 Å². The first-order chi connectivity index (χ1) is 8.31. The predicted molar refractivity (Wildman–Crippen MR) is 66.7 cm³/mol. The molecule has 0 amide bonds. The summed E-state index contributed by atoms with van der Waals surface area (Å²) in [4.78, 5) is 10.9. The zero-order valence-corrected chi connectivity index (χ0v) is 9.94. The van der Waals surface area contributed by atoms with Gasteiger partial charge < -0.3 is 9.47 Å². The molecule has 0 unspecified atom stereocenters. The van der Waals surface area contributed by atoms with Crippen molar-refractivity contribution in [3.63, 3.8) is 0 Å². The average molecular weight is 232 g/mol. The molecule has 0 fully saturated rings. The largest absolute Gasteiger partial charge is 0.449 e. The topological polar surface area (TPSA) is 35.5 Å². The summed E-state index contributed by atoms with van der Waals surface area (Å²) in [5, 5.41) is 0. The van der Waals surface area contributed by atoms with Crippen molar-refractivity contribution < 1.29 is 14.3 Å². The number of allylic oxidation sites excluding steroid dienone is 3. The van der Waals surface area contributed by atoms with Crippen molar-refractivity contribution in [3.8, 4) is 24.4 Å². The average Bonchev–Trinajstić information content (AvgIpc) is 2.34. The van der Waals surface area contributed by atoms with E-state index in [4.69, 9.17) is 11.2 Å². The molecule has 0 spiro atoms. The van der Waals surface area contributed by atoms with Crippen molar-refractivity contribution in [2.24, 2.45) is 0 Å². The molecule has 0 rings (SSSR count). The van der Waals surface area contributed by atoms with Crippen molar-refractivity contribution in [3.05, 3.63) is 24.3 Å². The number of hydrogen-bond acceptors (Lipinski definition) is 3. The quantitative estimate of drug-likeness (QED) is 0.221. The first-order valence-electron chi connectivity index (χ1n) is 5.28. The van der Waals surface area contributed by atoms with Crippen LogP contribution < -0.4 is 0 Å². The van der Waals surface area contributed by atoms with Crippen LogP contribution in [0, 0.1) is 24.4 Å². The van der Waals surface area contributed by atoms with Gasteiger partial charge in [-0.1, -0.05) is 30.1 Å². The third kappa shape index (κ3) is 11.8. The monoisotopic (exact) mass is 232 g/mol. The fourth-order valence-corrected chi connectivity index (χ4v) is 0.866. The molecule has 0 aliphatic carbocycles. The van der Waals surface area contributed by atoms with Gasteiger partial charge in [0.05, 0.1) is 0 Å². The summed E-state index contributed by atoms with van der Waals surface area (Å²) in [6, 6.07) is 0. The van der Waals surface area contributed by atoms with Gasteiger partial charge >= 0.3 is 5.97 Å². The molecule has 0 bridgehead atoms. The van der Waals surface area contributed by atoms with E-state index < -0.39 is 5.97 Å². The highest BCUT2D eigenvalue weighted by Gasteiger charge is 1.91. The Balaban J connectivity index is 3.52. The SMILES string of the molecule is C#CCOC(=O)C=CC=CCCCOC#CC. The van der Waals surface area contributed by atoms with Gasteiger partial charge in [0.15, 0.2) is 6.61 Å². The Morgan fingerprint density at radius 3 is 2.94 bits per heavy atom. The maximum absolute atomic E-state index is 10.9. The zero-order valence-electron chi connectivity index (χ0n) is 9.94. The van der Waals surface area contributed by atoms with Crippen molar-refractivity contribution >= 4 is 5.97 Å². The highest BCUT2D eigenvalue weighted by molar-refractivity contribution is 5.82. The van der Waals surface area contributed by atoms with Gasteiger partial charge in [0, 0.05) is 13.0 Å². The summed E-state index contributed by atoms with van der Waals surface area (Å²) in [7, 11) is 0. The molecule has 90 valence electrons. The molecule has 0 radical (unpaired) electrons. The van der Waals surface area contributed by atoms with Crippen LogP contribution in [-0.4, -0.2) is 19.2 Å². The van der Waals surface area contributed by atoms with Crippen LogP contribution in [0.3, 0.4) is 0 Å². The summed E-state index contributed by atoms with van der Waals surface area (Å²) >= 11 is 0. The predicted octanol–water partition coefficient (Wildman–Crippen LogP) is 2.05. The van der Waals surface area contributed by atoms with Gasteiger partial charge in [-0.05, 0) is 12.8 Å². The molecule has 0 atom stereocenters. The van der Waals surface area contributed by atoms with Crippen LogP contribution >= 0.6 is 0 Å². The van der Waals surface area contributed by atoms with Crippen LogP contribution in [0.15, 0.2) is 24.3 Å². The van der Waals surface area contributed by atoms with Crippen LogP contribution in [0.5, 0.6) is 0 Å². The number of carbonyl (C=O) groups excluding carboxylic acids is 1. The normalized spacial score (nSPS) is 9.65. The van der Waals surface area contributed by atoms with Crippen molar-refractivity contribution in [1.82, 2.24) is 0 Å². The molecular formula is C14H16O3. The van der Waals surface area contributed by atoms with E-state index in [2.05, 4.69) is 22.7 Å². The summed E-state index contributed by atoms with van der Waals surface area (Å²) in [5.41, 5.74) is 0. The van der Waals surface area contributed by atoms with E-state index in [1.54, 1.807) is 19.1 Å². The molecule has 0 saturated heterocycles. The molecule has 3 heteroatoms. The van der Waals surface area contributed by atoms with Crippen molar-refractivity contribution in [2.75, 3.05) is 13.2 Å². The lowest BCUT2D eigenvalue weighted by atomic mass is 10.3. The maximum atomic E-state index is 10.9. The van der Waals surface area contributed by atoms with Gasteiger partial charge in [-0.25, -0.2) is 4.79 Å². The summed E-state index contributed by atoms with van der Waals surface area (Å²) in [6.45, 7) is 2.34. The first-order valence-corrected chi connectivity index (χ1v) is 5.28. The number of ether oxygens (including phenoxy) is 2. The molecule has 0 aromatic rings. The Kier molecular flexibility index (Phi) is 10.4. The zero-order chi connectivity index (χ0) is 12.8. The van der Waals surface area contributed by atoms with Crippen LogP contribution in [0.25, 0.3) is 0 Å². The molecule has 0 heterocycles. The van der Waals surface area contributed by atoms with Gasteiger partial charge in [0.25, 0.3) is 0 Å². The summed E-state index contributed by atoms with van der Waals surface area (Å²) in [6.07, 6.45) is 15.9. The number of carbonyl (C=O) groups is 1. The lowest BCUT2D eigenvalue weighted by Gasteiger charge is -1.93. The van der Waals surface area contributed by atoms with Crippen LogP contribution in [0.4, 0.5) is 0 Å². The van der Waals surface area contributed by atoms with Crippen LogP contribution in [-0.2, 0) is 14.3 Å². The van der Waals surface area contributed by atoms with Gasteiger partial charge in [-0.3, -0.25) is 0 Å². The van der Waals surface area contributed by atoms with E-state index in [1.165, 1.54) is 6.08 Å². The Morgan fingerprint density at radius 2 is 2.24 bits per heavy atom. The van der Waals surface area contributed by atoms with E-state index in [0.29, 0.717) is 6.61 Å². The summed E-state index contributed by atoms with van der Waals surface area (Å²) in [5.74, 6) is 4.42. The lowest BCUT2D eigenvalue weighted by Crippen LogP contribution is -1.99. The standard InChI is InChI=1S/C14H16O3/c1-3-11-16-13-9-7-5-6-8-10-14(15)17-12-4-2/h2,5-6,8,10H,7,9,12-13H2,1H3. The first kappa shape index (κ1) is 14.9. The smallest absolute Gasteiger partial charge is 0.331 e. The number of rotatable bonds is 7. The minimum absolute atomic E-state index is 0.00267. The highest BCUT2D eigenvalue weighted by atomic mass is 16.5. The van der Waals surface area contributed by atoms with Crippen LogP contribution in [0.2, 0.25) is 0 Å². The van der Waals surface area contributed by atoms with Gasteiger partial charge in [-0.2, -0.15) is 0 Å². The minimum atomic E-state index is -0.436. The molecule has 0 N–H and O–H groups in total. The number of unbranched alkanes of at least 4 members (excludes halogenated alkanes) is 1. The highest BCUT2D eigenvalue weighted by Crippen LogP contribution is 1.92. The fraction of sp³-hybridized carbons (Fsp3) is 0.357. The molecule has 17 heavy (non-hydrogen) atoms. The molecule has 0 aromatic carbocycles. The van der Waals surface area contributed by atoms with E-state index in [-0.39, 0.29) is 6.61 Å². The molecular weight excluding hydrogens is 216 g/mol. The number of hydrogen-bond donors (Lipinski definition) is 0. The molecule has 0 aliphatic rings. The second-order valence-electron chi connectivity index (χ2n) is 2.94. The number of esters is 1. The third-order valence-corrected chi connectivity index (χ3v) is 1.57. The molecule has 3 nitrogen and oxygen atoms in total. The number of terminal acetylenes is 1. The van der Waals surface area contributed by atoms with Gasteiger partial charge in [-0.15, -0.1) is 6.42 Å². The fourth-order valence-electron chi connectivity index (χ4n) is 0.866. The van der Waals surface area contributed by atoms with E-state index in [0.717, 1.165) is 12.8 Å². The Bertz CT molecular complexity index is 361. The van der Waals surface area contributed by atoms with E-state index in [9.17, 15) is 4.79 Å². The van der Waals surface area contributed by atoms with Gasteiger partial charge in [0.2, 0.25) is 0 Å². The summed E-state index contributed by atoms with van der Waals surface area (Å²) < 4.78 is 9.60. The maximum Gasteiger partial charge on any atom is 0.331 e. The van der Waals surface area contributed by atoms with Crippen molar-refractivity contribution in [2.45, 2.75) is 19.8 Å². The van der Waals surface area contributed by atoms with E-state index in [1.807, 2.05) is 6.08 Å². The lowest BCUT2D eigenvalue weighted by molar-refractivity contribution is -0.136. The second kappa shape index (κ2) is 11.9. The molecule has 0 aromatic heterocycles. The molecule has 0 aliphatic heterocycles. The van der Waals surface area contributed by atoms with Gasteiger partial charge in [0.1, 0.15) is 12.7 Å².